The van der Waals surface area contributed by atoms with E-state index in [1.807, 2.05) is 0 Å². The molecular formula is C11H10F2N4O. The summed E-state index contributed by atoms with van der Waals surface area (Å²) < 4.78 is 27.8. The molecule has 0 aliphatic heterocycles. The van der Waals surface area contributed by atoms with Crippen molar-refractivity contribution in [3.8, 4) is 0 Å². The summed E-state index contributed by atoms with van der Waals surface area (Å²) >= 11 is 0. The molecule has 0 atom stereocenters. The molecule has 3 N–H and O–H groups in total. The van der Waals surface area contributed by atoms with Crippen molar-refractivity contribution < 1.29 is 13.6 Å². The number of hydrogen-bond acceptors (Lipinski definition) is 3. The first-order valence-electron chi connectivity index (χ1n) is 5.03. The highest BCUT2D eigenvalue weighted by atomic mass is 19.1. The van der Waals surface area contributed by atoms with Gasteiger partial charge < -0.3 is 11.1 Å². The molecule has 1 amide bonds. The smallest absolute Gasteiger partial charge is 0.259 e. The topological polar surface area (TPSA) is 72.9 Å². The van der Waals surface area contributed by atoms with Crippen molar-refractivity contribution in [2.75, 3.05) is 11.1 Å². The highest BCUT2D eigenvalue weighted by Crippen LogP contribution is 2.18. The van der Waals surface area contributed by atoms with Gasteiger partial charge in [-0.3, -0.25) is 9.48 Å². The lowest BCUT2D eigenvalue weighted by Gasteiger charge is -2.07. The van der Waals surface area contributed by atoms with Gasteiger partial charge in [0.2, 0.25) is 0 Å². The third-order valence-corrected chi connectivity index (χ3v) is 2.39. The number of nitrogen functional groups attached to an aromatic ring is 1. The molecule has 1 aromatic carbocycles. The molecule has 0 aliphatic carbocycles. The van der Waals surface area contributed by atoms with E-state index in [4.69, 9.17) is 5.73 Å². The van der Waals surface area contributed by atoms with Crippen LogP contribution in [-0.2, 0) is 7.05 Å². The van der Waals surface area contributed by atoms with Crippen LogP contribution >= 0.6 is 0 Å². The zero-order valence-corrected chi connectivity index (χ0v) is 9.45. The predicted octanol–water partition coefficient (Wildman–Crippen LogP) is 1.53. The molecule has 2 aromatic rings. The number of benzene rings is 1. The molecule has 7 heteroatoms. The fourth-order valence-electron chi connectivity index (χ4n) is 1.42. The zero-order chi connectivity index (χ0) is 13.3. The minimum atomic E-state index is -0.971. The van der Waals surface area contributed by atoms with E-state index in [2.05, 4.69) is 10.4 Å². The Labute approximate surface area is 101 Å². The van der Waals surface area contributed by atoms with Crippen LogP contribution in [0.2, 0.25) is 0 Å². The van der Waals surface area contributed by atoms with Crippen molar-refractivity contribution in [1.82, 2.24) is 9.78 Å². The summed E-state index contributed by atoms with van der Waals surface area (Å²) in [6.45, 7) is 0. The molecule has 0 unspecified atom stereocenters. The van der Waals surface area contributed by atoms with E-state index in [0.29, 0.717) is 11.9 Å². The SMILES string of the molecule is Cn1nccc1NC(=O)c1cc(N)c(F)cc1F. The van der Waals surface area contributed by atoms with Gasteiger partial charge in [-0.2, -0.15) is 5.10 Å². The maximum absolute atomic E-state index is 13.4. The second-order valence-electron chi connectivity index (χ2n) is 3.65. The number of aryl methyl sites for hydroxylation is 1. The summed E-state index contributed by atoms with van der Waals surface area (Å²) in [5.41, 5.74) is 4.68. The highest BCUT2D eigenvalue weighted by molar-refractivity contribution is 6.04. The lowest BCUT2D eigenvalue weighted by molar-refractivity contribution is 0.102. The molecule has 0 spiro atoms. The molecule has 0 saturated heterocycles. The van der Waals surface area contributed by atoms with E-state index in [-0.39, 0.29) is 11.3 Å². The van der Waals surface area contributed by atoms with Crippen molar-refractivity contribution >= 4 is 17.4 Å². The second kappa shape index (κ2) is 4.44. The lowest BCUT2D eigenvalue weighted by atomic mass is 10.1. The van der Waals surface area contributed by atoms with E-state index in [1.165, 1.54) is 10.9 Å². The van der Waals surface area contributed by atoms with Crippen LogP contribution < -0.4 is 11.1 Å². The number of nitrogens with one attached hydrogen (secondary N) is 1. The molecule has 1 aromatic heterocycles. The summed E-state index contributed by atoms with van der Waals surface area (Å²) in [4.78, 5) is 11.8. The van der Waals surface area contributed by atoms with Gasteiger partial charge in [-0.25, -0.2) is 8.78 Å². The molecule has 0 aliphatic rings. The number of nitrogens with two attached hydrogens (primary N) is 1. The number of rotatable bonds is 2. The first-order chi connectivity index (χ1) is 8.49. The molecule has 0 saturated carbocycles. The van der Waals surface area contributed by atoms with Gasteiger partial charge in [0.1, 0.15) is 17.5 Å². The van der Waals surface area contributed by atoms with Crippen molar-refractivity contribution in [2.45, 2.75) is 0 Å². The van der Waals surface area contributed by atoms with Crippen LogP contribution in [0.4, 0.5) is 20.3 Å². The van der Waals surface area contributed by atoms with Gasteiger partial charge in [0.05, 0.1) is 17.4 Å². The summed E-state index contributed by atoms with van der Waals surface area (Å²) in [7, 11) is 1.62. The first kappa shape index (κ1) is 12.0. The summed E-state index contributed by atoms with van der Waals surface area (Å²) in [6, 6.07) is 3.08. The van der Waals surface area contributed by atoms with Crippen LogP contribution in [-0.4, -0.2) is 15.7 Å². The second-order valence-corrected chi connectivity index (χ2v) is 3.65. The molecule has 1 heterocycles. The highest BCUT2D eigenvalue weighted by Gasteiger charge is 2.16. The van der Waals surface area contributed by atoms with Gasteiger partial charge in [0.25, 0.3) is 5.91 Å². The maximum Gasteiger partial charge on any atom is 0.259 e. The fourth-order valence-corrected chi connectivity index (χ4v) is 1.42. The number of halogens is 2. The van der Waals surface area contributed by atoms with Crippen molar-refractivity contribution in [2.24, 2.45) is 7.05 Å². The number of nitrogens with zero attached hydrogens (tertiary/aromatic N) is 2. The minimum Gasteiger partial charge on any atom is -0.396 e. The molecule has 0 fully saturated rings. The third-order valence-electron chi connectivity index (χ3n) is 2.39. The van der Waals surface area contributed by atoms with Crippen LogP contribution in [0.25, 0.3) is 0 Å². The van der Waals surface area contributed by atoms with E-state index in [9.17, 15) is 13.6 Å². The molecule has 18 heavy (non-hydrogen) atoms. The monoisotopic (exact) mass is 252 g/mol. The van der Waals surface area contributed by atoms with Crippen LogP contribution in [0.3, 0.4) is 0 Å². The average molecular weight is 252 g/mol. The Bertz CT molecular complexity index is 609. The van der Waals surface area contributed by atoms with Gasteiger partial charge in [-0.15, -0.1) is 0 Å². The van der Waals surface area contributed by atoms with E-state index >= 15 is 0 Å². The molecule has 94 valence electrons. The van der Waals surface area contributed by atoms with Gasteiger partial charge >= 0.3 is 0 Å². The third kappa shape index (κ3) is 2.15. The quantitative estimate of drug-likeness (QED) is 0.796. The molecule has 5 nitrogen and oxygen atoms in total. The standard InChI is InChI=1S/C11H10F2N4O/c1-17-10(2-3-15-17)16-11(18)6-4-9(14)8(13)5-7(6)12/h2-5H,14H2,1H3,(H,16,18). The van der Waals surface area contributed by atoms with Crippen LogP contribution in [0.15, 0.2) is 24.4 Å². The largest absolute Gasteiger partial charge is 0.396 e. The Kier molecular flexibility index (Phi) is 2.97. The number of carbonyl (C=O) groups is 1. The van der Waals surface area contributed by atoms with Gasteiger partial charge in [0, 0.05) is 19.2 Å². The lowest BCUT2D eigenvalue weighted by Crippen LogP contribution is -2.16. The Balaban J connectivity index is 2.30. The first-order valence-corrected chi connectivity index (χ1v) is 5.03. The van der Waals surface area contributed by atoms with Crippen molar-refractivity contribution in [3.63, 3.8) is 0 Å². The van der Waals surface area contributed by atoms with Gasteiger partial charge in [0.15, 0.2) is 0 Å². The van der Waals surface area contributed by atoms with E-state index in [0.717, 1.165) is 6.07 Å². The number of anilines is 2. The average Bonchev–Trinajstić information content (AvgIpc) is 2.69. The predicted molar refractivity (Wildman–Crippen MR) is 61.9 cm³/mol. The number of amides is 1. The molecule has 0 radical (unpaired) electrons. The summed E-state index contributed by atoms with van der Waals surface area (Å²) in [6.07, 6.45) is 1.48. The Morgan fingerprint density at radius 1 is 1.39 bits per heavy atom. The summed E-state index contributed by atoms with van der Waals surface area (Å²) in [5, 5.41) is 6.28. The number of hydrogen-bond donors (Lipinski definition) is 2. The Morgan fingerprint density at radius 2 is 2.11 bits per heavy atom. The minimum absolute atomic E-state index is 0.286. The van der Waals surface area contributed by atoms with Crippen molar-refractivity contribution in [1.29, 1.82) is 0 Å². The molecular weight excluding hydrogens is 242 g/mol. The zero-order valence-electron chi connectivity index (χ0n) is 9.45. The van der Waals surface area contributed by atoms with Crippen LogP contribution in [0.5, 0.6) is 0 Å². The Morgan fingerprint density at radius 3 is 2.72 bits per heavy atom. The van der Waals surface area contributed by atoms with E-state index < -0.39 is 17.5 Å². The van der Waals surface area contributed by atoms with Crippen molar-refractivity contribution in [3.05, 3.63) is 41.6 Å². The molecule has 0 bridgehead atoms. The fraction of sp³-hybridized carbons (Fsp3) is 0.0909. The van der Waals surface area contributed by atoms with E-state index in [1.54, 1.807) is 13.1 Å². The van der Waals surface area contributed by atoms with Gasteiger partial charge in [-0.1, -0.05) is 0 Å². The Hall–Kier alpha value is -2.44. The maximum atomic E-state index is 13.4. The normalized spacial score (nSPS) is 10.4. The van der Waals surface area contributed by atoms with Crippen LogP contribution in [0.1, 0.15) is 10.4 Å². The van der Waals surface area contributed by atoms with Crippen LogP contribution in [0, 0.1) is 11.6 Å². The summed E-state index contributed by atoms with van der Waals surface area (Å²) in [5.74, 6) is -2.20. The number of carbonyl (C=O) groups excluding carboxylic acids is 1. The number of aromatic nitrogens is 2. The molecule has 2 rings (SSSR count). The van der Waals surface area contributed by atoms with Gasteiger partial charge in [-0.05, 0) is 6.07 Å².